The predicted molar refractivity (Wildman–Crippen MR) is 122 cm³/mol. The number of carboxylic acid groups (broad SMARTS) is 3. The topological polar surface area (TPSA) is 165 Å². The van der Waals surface area contributed by atoms with Gasteiger partial charge in [-0.1, -0.05) is 50.6 Å². The number of carbonyl (C=O) groups excluding carboxylic acids is 1. The summed E-state index contributed by atoms with van der Waals surface area (Å²) in [5, 5.41) is 32.9. The largest absolute Gasteiger partial charge is 0.481 e. The van der Waals surface area contributed by atoms with E-state index in [-0.39, 0.29) is 12.8 Å². The van der Waals surface area contributed by atoms with Crippen molar-refractivity contribution in [3.05, 3.63) is 35.4 Å². The van der Waals surface area contributed by atoms with E-state index in [0.29, 0.717) is 6.42 Å². The van der Waals surface area contributed by atoms with Crippen molar-refractivity contribution in [2.75, 3.05) is 13.1 Å². The smallest absolute Gasteiger partial charge is 0.326 e. The van der Waals surface area contributed by atoms with Gasteiger partial charge in [-0.2, -0.15) is 0 Å². The number of benzene rings is 1. The monoisotopic (exact) mass is 455 g/mol. The van der Waals surface area contributed by atoms with E-state index in [1.54, 1.807) is 6.92 Å². The van der Waals surface area contributed by atoms with Gasteiger partial charge in [0.15, 0.2) is 0 Å². The highest BCUT2D eigenvalue weighted by molar-refractivity contribution is 5.84. The van der Waals surface area contributed by atoms with E-state index in [2.05, 4.69) is 22.0 Å². The predicted octanol–water partition coefficient (Wildman–Crippen LogP) is 2.60. The third kappa shape index (κ3) is 18.9. The number of unbranched alkanes of at least 4 members (excludes halogenated alkanes) is 1. The van der Waals surface area contributed by atoms with Crippen molar-refractivity contribution < 1.29 is 34.5 Å². The van der Waals surface area contributed by atoms with Crippen LogP contribution in [-0.4, -0.2) is 58.4 Å². The number of urea groups is 1. The molecule has 0 bridgehead atoms. The van der Waals surface area contributed by atoms with Crippen LogP contribution in [0.15, 0.2) is 24.3 Å². The van der Waals surface area contributed by atoms with Gasteiger partial charge in [0, 0.05) is 13.0 Å². The van der Waals surface area contributed by atoms with E-state index in [4.69, 9.17) is 15.3 Å². The van der Waals surface area contributed by atoms with Crippen LogP contribution >= 0.6 is 0 Å². The third-order valence-corrected chi connectivity index (χ3v) is 3.81. The second kappa shape index (κ2) is 19.8. The molecule has 0 aliphatic carbocycles. The fourth-order valence-electron chi connectivity index (χ4n) is 2.28. The molecule has 182 valence electrons. The summed E-state index contributed by atoms with van der Waals surface area (Å²) in [6.45, 7) is 8.57. The van der Waals surface area contributed by atoms with Crippen LogP contribution in [0.1, 0.15) is 57.6 Å². The number of amides is 2. The average Bonchev–Trinajstić information content (AvgIpc) is 2.75. The van der Waals surface area contributed by atoms with Gasteiger partial charge in [0.25, 0.3) is 0 Å². The zero-order valence-electron chi connectivity index (χ0n) is 19.3. The van der Waals surface area contributed by atoms with Crippen LogP contribution in [0.25, 0.3) is 0 Å². The molecule has 1 atom stereocenters. The van der Waals surface area contributed by atoms with Gasteiger partial charge in [0.05, 0.1) is 0 Å². The lowest BCUT2D eigenvalue weighted by atomic mass is 10.1. The van der Waals surface area contributed by atoms with Crippen LogP contribution in [0.5, 0.6) is 0 Å². The molecule has 1 aromatic rings. The fourth-order valence-corrected chi connectivity index (χ4v) is 2.28. The van der Waals surface area contributed by atoms with Crippen molar-refractivity contribution >= 4 is 23.9 Å². The summed E-state index contributed by atoms with van der Waals surface area (Å²) in [5.74, 6) is -3.08. The van der Waals surface area contributed by atoms with Crippen LogP contribution < -0.4 is 16.0 Å². The molecule has 32 heavy (non-hydrogen) atoms. The first kappa shape index (κ1) is 31.0. The third-order valence-electron chi connectivity index (χ3n) is 3.81. The molecule has 0 saturated heterocycles. The first-order chi connectivity index (χ1) is 15.1. The quantitative estimate of drug-likeness (QED) is 0.262. The van der Waals surface area contributed by atoms with Crippen LogP contribution in [0.2, 0.25) is 0 Å². The van der Waals surface area contributed by atoms with Gasteiger partial charge in [-0.05, 0) is 38.3 Å². The highest BCUT2D eigenvalue weighted by Crippen LogP contribution is 2.04. The van der Waals surface area contributed by atoms with E-state index in [9.17, 15) is 19.2 Å². The lowest BCUT2D eigenvalue weighted by Crippen LogP contribution is -2.47. The van der Waals surface area contributed by atoms with E-state index in [1.165, 1.54) is 11.1 Å². The highest BCUT2D eigenvalue weighted by Gasteiger charge is 2.19. The van der Waals surface area contributed by atoms with E-state index in [0.717, 1.165) is 19.5 Å². The Kier molecular flexibility index (Phi) is 19.2. The maximum atomic E-state index is 11.4. The summed E-state index contributed by atoms with van der Waals surface area (Å²) in [4.78, 5) is 42.3. The maximum absolute atomic E-state index is 11.4. The second-order valence-electron chi connectivity index (χ2n) is 6.52. The number of aryl methyl sites for hydroxylation is 1. The molecule has 1 rings (SSSR count). The molecular formula is C22H37N3O7. The number of hydrogen-bond donors (Lipinski definition) is 6. The van der Waals surface area contributed by atoms with Crippen LogP contribution in [0.4, 0.5) is 4.79 Å². The van der Waals surface area contributed by atoms with Gasteiger partial charge in [0.1, 0.15) is 12.6 Å². The molecule has 0 aliphatic heterocycles. The van der Waals surface area contributed by atoms with Crippen molar-refractivity contribution in [3.8, 4) is 0 Å². The van der Waals surface area contributed by atoms with Crippen LogP contribution in [0, 0.1) is 6.92 Å². The standard InChI is InChI=1S/C17H25N3O5.C3H6O2.C2H6/c1-12-5-4-6-13(9-12)10-18-8-3-2-7-14(16(23)24)20-17(25)19-11-15(21)22;1-2-3(4)5;1-2/h4-6,9,14,18H,2-3,7-8,10-11H2,1H3,(H,21,22)(H,23,24)(H2,19,20,25);2H2,1H3,(H,4,5);1-2H3. The summed E-state index contributed by atoms with van der Waals surface area (Å²) in [6, 6.07) is 6.35. The van der Waals surface area contributed by atoms with Gasteiger partial charge in [-0.15, -0.1) is 0 Å². The molecule has 0 aliphatic rings. The number of hydrogen-bond acceptors (Lipinski definition) is 5. The molecule has 0 fully saturated rings. The van der Waals surface area contributed by atoms with Gasteiger partial charge >= 0.3 is 23.9 Å². The van der Waals surface area contributed by atoms with Gasteiger partial charge in [0.2, 0.25) is 0 Å². The molecule has 10 heteroatoms. The highest BCUT2D eigenvalue weighted by atomic mass is 16.4. The Labute approximate surface area is 189 Å². The van der Waals surface area contributed by atoms with Gasteiger partial charge in [-0.3, -0.25) is 9.59 Å². The first-order valence-electron chi connectivity index (χ1n) is 10.6. The van der Waals surface area contributed by atoms with Crippen LogP contribution in [-0.2, 0) is 20.9 Å². The van der Waals surface area contributed by atoms with Crippen molar-refractivity contribution in [2.45, 2.75) is 66.0 Å². The lowest BCUT2D eigenvalue weighted by Gasteiger charge is -2.14. The summed E-state index contributed by atoms with van der Waals surface area (Å²) in [7, 11) is 0. The van der Waals surface area contributed by atoms with E-state index < -0.39 is 36.5 Å². The minimum atomic E-state index is -1.19. The van der Waals surface area contributed by atoms with Gasteiger partial charge in [-0.25, -0.2) is 9.59 Å². The molecule has 1 aromatic carbocycles. The molecular weight excluding hydrogens is 418 g/mol. The van der Waals surface area contributed by atoms with E-state index >= 15 is 0 Å². The molecule has 0 saturated carbocycles. The number of carbonyl (C=O) groups is 4. The summed E-state index contributed by atoms with van der Waals surface area (Å²) in [5.41, 5.74) is 2.40. The van der Waals surface area contributed by atoms with E-state index in [1.807, 2.05) is 39.0 Å². The van der Waals surface area contributed by atoms with Crippen molar-refractivity contribution in [2.24, 2.45) is 0 Å². The Morgan fingerprint density at radius 1 is 1.00 bits per heavy atom. The minimum absolute atomic E-state index is 0.222. The average molecular weight is 456 g/mol. The zero-order valence-corrected chi connectivity index (χ0v) is 19.3. The number of aliphatic carboxylic acids is 3. The van der Waals surface area contributed by atoms with Crippen molar-refractivity contribution in [1.82, 2.24) is 16.0 Å². The Morgan fingerprint density at radius 2 is 1.62 bits per heavy atom. The molecule has 1 unspecified atom stereocenters. The number of rotatable bonds is 12. The zero-order chi connectivity index (χ0) is 24.9. The normalized spacial score (nSPS) is 10.4. The Balaban J connectivity index is 0. The maximum Gasteiger partial charge on any atom is 0.326 e. The Bertz CT molecular complexity index is 696. The first-order valence-corrected chi connectivity index (χ1v) is 10.6. The number of carboxylic acids is 3. The molecule has 2 amide bonds. The van der Waals surface area contributed by atoms with Crippen molar-refractivity contribution in [1.29, 1.82) is 0 Å². The molecule has 0 aromatic heterocycles. The summed E-state index contributed by atoms with van der Waals surface area (Å²) >= 11 is 0. The molecule has 10 nitrogen and oxygen atoms in total. The summed E-state index contributed by atoms with van der Waals surface area (Å²) in [6.07, 6.45) is 1.90. The second-order valence-corrected chi connectivity index (χ2v) is 6.52. The number of nitrogens with one attached hydrogen (secondary N) is 3. The Hall–Kier alpha value is -3.14. The van der Waals surface area contributed by atoms with Crippen LogP contribution in [0.3, 0.4) is 0 Å². The fraction of sp³-hybridized carbons (Fsp3) is 0.545. The van der Waals surface area contributed by atoms with Gasteiger partial charge < -0.3 is 31.3 Å². The Morgan fingerprint density at radius 3 is 2.12 bits per heavy atom. The molecule has 0 spiro atoms. The SMILES string of the molecule is CC.CCC(=O)O.Cc1cccc(CNCCCCC(NC(=O)NCC(=O)O)C(=O)O)c1. The molecule has 0 radical (unpaired) electrons. The lowest BCUT2D eigenvalue weighted by molar-refractivity contribution is -0.139. The minimum Gasteiger partial charge on any atom is -0.481 e. The van der Waals surface area contributed by atoms with Crippen molar-refractivity contribution in [3.63, 3.8) is 0 Å². The molecule has 0 heterocycles. The summed E-state index contributed by atoms with van der Waals surface area (Å²) < 4.78 is 0. The molecule has 6 N–H and O–H groups in total.